The van der Waals surface area contributed by atoms with Gasteiger partial charge in [0.2, 0.25) is 0 Å². The lowest BCUT2D eigenvalue weighted by Gasteiger charge is -2.66. The van der Waals surface area contributed by atoms with Gasteiger partial charge in [0.05, 0.1) is 63.0 Å². The predicted octanol–water partition coefficient (Wildman–Crippen LogP) is 8.65. The smallest absolute Gasteiger partial charge is 0.334 e. The minimum Gasteiger partial charge on any atom is -0.497 e. The van der Waals surface area contributed by atoms with Crippen LogP contribution in [0.2, 0.25) is 0 Å². The maximum absolute atomic E-state index is 12.6. The molecule has 0 spiro atoms. The van der Waals surface area contributed by atoms with E-state index in [0.717, 1.165) is 129 Å². The van der Waals surface area contributed by atoms with Gasteiger partial charge in [-0.3, -0.25) is 0 Å². The number of hydrogen-bond donors (Lipinski definition) is 1. The molecule has 2 atom stereocenters. The summed E-state index contributed by atoms with van der Waals surface area (Å²) in [6.45, 7) is 16.2. The van der Waals surface area contributed by atoms with E-state index in [1.807, 2.05) is 0 Å². The zero-order valence-corrected chi connectivity index (χ0v) is 31.5. The first-order valence-corrected chi connectivity index (χ1v) is 20.0. The van der Waals surface area contributed by atoms with Crippen LogP contribution in [0.1, 0.15) is 143 Å². The molecule has 4 bridgehead atoms. The van der Waals surface area contributed by atoms with Crippen LogP contribution >= 0.6 is 0 Å². The summed E-state index contributed by atoms with van der Waals surface area (Å²) in [5, 5.41) is 10.3. The van der Waals surface area contributed by atoms with Gasteiger partial charge >= 0.3 is 5.97 Å². The van der Waals surface area contributed by atoms with Crippen molar-refractivity contribution in [2.45, 2.75) is 154 Å². The molecule has 0 aromatic rings. The Labute approximate surface area is 296 Å². The van der Waals surface area contributed by atoms with E-state index in [0.29, 0.717) is 34.3 Å². The fraction of sp³-hybridized carbons (Fsp3) is 0.927. The standard InChI is InChI=1S/C41H68O8/c1-32(35(42)43)34(47-17-11-5-8-14-36(2)26-44-27-36)39-20-33-21-40(23-39,48-18-12-6-9-15-37(3)28-45-29-37)25-41(22-33,24-39)49-19-13-7-10-16-38(4)30-46-31-38/h33H,5-31H2,1-4H3,(H,42,43). The quantitative estimate of drug-likeness (QED) is 0.0648. The van der Waals surface area contributed by atoms with Crippen molar-refractivity contribution >= 4 is 5.97 Å². The van der Waals surface area contributed by atoms with Crippen LogP contribution in [0.5, 0.6) is 0 Å². The molecule has 0 amide bonds. The van der Waals surface area contributed by atoms with E-state index in [2.05, 4.69) is 20.8 Å². The number of unbranched alkanes of at least 4 members (excludes halogenated alkanes) is 6. The van der Waals surface area contributed by atoms with Gasteiger partial charge < -0.3 is 33.5 Å². The highest BCUT2D eigenvalue weighted by atomic mass is 16.5. The van der Waals surface area contributed by atoms with Crippen molar-refractivity contribution in [1.82, 2.24) is 0 Å². The number of rotatable bonds is 23. The Kier molecular flexibility index (Phi) is 11.8. The molecule has 7 rings (SSSR count). The van der Waals surface area contributed by atoms with Crippen molar-refractivity contribution in [2.75, 3.05) is 59.5 Å². The second-order valence-electron chi connectivity index (χ2n) is 18.8. The van der Waals surface area contributed by atoms with Crippen LogP contribution in [0.15, 0.2) is 11.3 Å². The van der Waals surface area contributed by atoms with E-state index in [4.69, 9.17) is 28.4 Å². The van der Waals surface area contributed by atoms with E-state index in [9.17, 15) is 9.90 Å². The van der Waals surface area contributed by atoms with Crippen molar-refractivity contribution in [3.8, 4) is 0 Å². The molecule has 0 radical (unpaired) electrons. The molecule has 8 nitrogen and oxygen atoms in total. The van der Waals surface area contributed by atoms with Crippen LogP contribution in [0, 0.1) is 27.6 Å². The topological polar surface area (TPSA) is 92.7 Å². The Bertz CT molecular complexity index is 1100. The van der Waals surface area contributed by atoms with Crippen molar-refractivity contribution in [3.05, 3.63) is 11.3 Å². The Morgan fingerprint density at radius 3 is 1.43 bits per heavy atom. The lowest BCUT2D eigenvalue weighted by molar-refractivity contribution is -0.261. The van der Waals surface area contributed by atoms with Gasteiger partial charge in [-0.1, -0.05) is 59.3 Å². The van der Waals surface area contributed by atoms with E-state index < -0.39 is 5.97 Å². The third-order valence-corrected chi connectivity index (χ3v) is 13.1. The number of ether oxygens (including phenoxy) is 6. The SMILES string of the molecule is CC(C(=O)O)=C(OCCCCCC1(C)COC1)C12CC3CC(OCCCCCC4(C)COC4)(CC(OCCCCCC4(C)COC4)(C3)C1)C2. The van der Waals surface area contributed by atoms with Crippen LogP contribution in [0.25, 0.3) is 0 Å². The number of hydrogen-bond acceptors (Lipinski definition) is 7. The summed E-state index contributed by atoms with van der Waals surface area (Å²) in [6.07, 6.45) is 19.4. The minimum atomic E-state index is -0.871. The molecule has 280 valence electrons. The maximum atomic E-state index is 12.6. The number of carboxylic acid groups (broad SMARTS) is 1. The third kappa shape index (κ3) is 9.07. The van der Waals surface area contributed by atoms with Crippen LogP contribution in [0.4, 0.5) is 0 Å². The highest BCUT2D eigenvalue weighted by Crippen LogP contribution is 2.68. The molecular weight excluding hydrogens is 620 g/mol. The molecule has 4 aliphatic carbocycles. The summed E-state index contributed by atoms with van der Waals surface area (Å²) in [5.41, 5.74) is 0.536. The van der Waals surface area contributed by atoms with Crippen molar-refractivity contribution in [3.63, 3.8) is 0 Å². The highest BCUT2D eigenvalue weighted by Gasteiger charge is 2.66. The average molecular weight is 689 g/mol. The van der Waals surface area contributed by atoms with Crippen LogP contribution < -0.4 is 0 Å². The number of carboxylic acids is 1. The van der Waals surface area contributed by atoms with E-state index >= 15 is 0 Å². The second kappa shape index (κ2) is 15.4. The van der Waals surface area contributed by atoms with Gasteiger partial charge in [0.15, 0.2) is 0 Å². The highest BCUT2D eigenvalue weighted by molar-refractivity contribution is 5.86. The maximum Gasteiger partial charge on any atom is 0.334 e. The Balaban J connectivity index is 1.09. The van der Waals surface area contributed by atoms with E-state index in [1.54, 1.807) is 6.92 Å². The molecule has 3 saturated heterocycles. The summed E-state index contributed by atoms with van der Waals surface area (Å²) >= 11 is 0. The molecule has 4 saturated carbocycles. The van der Waals surface area contributed by atoms with Crippen LogP contribution in [-0.4, -0.2) is 81.7 Å². The monoisotopic (exact) mass is 688 g/mol. The Morgan fingerprint density at radius 2 is 1.04 bits per heavy atom. The summed E-state index contributed by atoms with van der Waals surface area (Å²) in [4.78, 5) is 12.6. The molecule has 0 aromatic heterocycles. The fourth-order valence-electron chi connectivity index (χ4n) is 10.6. The molecular formula is C41H68O8. The van der Waals surface area contributed by atoms with Crippen molar-refractivity contribution in [1.29, 1.82) is 0 Å². The fourth-order valence-corrected chi connectivity index (χ4v) is 10.6. The van der Waals surface area contributed by atoms with Crippen molar-refractivity contribution < 1.29 is 38.3 Å². The predicted molar refractivity (Wildman–Crippen MR) is 189 cm³/mol. The zero-order valence-electron chi connectivity index (χ0n) is 31.5. The Morgan fingerprint density at radius 1 is 0.612 bits per heavy atom. The first kappa shape index (κ1) is 37.6. The van der Waals surface area contributed by atoms with E-state index in [-0.39, 0.29) is 16.6 Å². The van der Waals surface area contributed by atoms with Crippen LogP contribution in [0.3, 0.4) is 0 Å². The molecule has 2 unspecified atom stereocenters. The molecule has 3 aliphatic heterocycles. The molecule has 0 aromatic carbocycles. The first-order chi connectivity index (χ1) is 23.4. The number of carbonyl (C=O) groups is 1. The van der Waals surface area contributed by atoms with Gasteiger partial charge in [0, 0.05) is 41.3 Å². The van der Waals surface area contributed by atoms with Gasteiger partial charge in [0.25, 0.3) is 0 Å². The number of aliphatic carboxylic acids is 1. The van der Waals surface area contributed by atoms with Gasteiger partial charge in [-0.2, -0.15) is 0 Å². The first-order valence-electron chi connectivity index (χ1n) is 20.0. The average Bonchev–Trinajstić information content (AvgIpc) is 3.00. The van der Waals surface area contributed by atoms with Gasteiger partial charge in [-0.25, -0.2) is 4.79 Å². The largest absolute Gasteiger partial charge is 0.497 e. The summed E-state index contributed by atoms with van der Waals surface area (Å²) < 4.78 is 37.0. The minimum absolute atomic E-state index is 0.278. The molecule has 7 aliphatic rings. The molecule has 1 N–H and O–H groups in total. The molecule has 8 heteroatoms. The summed E-state index contributed by atoms with van der Waals surface area (Å²) in [5.74, 6) is 0.306. The van der Waals surface area contributed by atoms with Crippen molar-refractivity contribution in [2.24, 2.45) is 27.6 Å². The van der Waals surface area contributed by atoms with E-state index in [1.165, 1.54) is 44.9 Å². The summed E-state index contributed by atoms with van der Waals surface area (Å²) in [7, 11) is 0. The van der Waals surface area contributed by atoms with Crippen LogP contribution in [-0.2, 0) is 33.2 Å². The Hall–Kier alpha value is -1.19. The summed E-state index contributed by atoms with van der Waals surface area (Å²) in [6, 6.07) is 0. The normalized spacial score (nSPS) is 33.7. The number of allylic oxidation sites excluding steroid dienone is 1. The third-order valence-electron chi connectivity index (χ3n) is 13.1. The molecule has 7 fully saturated rings. The van der Waals surface area contributed by atoms with Gasteiger partial charge in [0.1, 0.15) is 5.76 Å². The van der Waals surface area contributed by atoms with Gasteiger partial charge in [-0.15, -0.1) is 0 Å². The zero-order chi connectivity index (χ0) is 34.6. The lowest BCUT2D eigenvalue weighted by atomic mass is 9.45. The second-order valence-corrected chi connectivity index (χ2v) is 18.8. The molecule has 49 heavy (non-hydrogen) atoms. The lowest BCUT2D eigenvalue weighted by Crippen LogP contribution is -2.65. The molecule has 3 heterocycles. The van der Waals surface area contributed by atoms with Gasteiger partial charge in [-0.05, 0) is 83.5 Å².